The van der Waals surface area contributed by atoms with E-state index in [4.69, 9.17) is 4.52 Å². The van der Waals surface area contributed by atoms with E-state index < -0.39 is 0 Å². The van der Waals surface area contributed by atoms with E-state index in [1.165, 1.54) is 0 Å². The summed E-state index contributed by atoms with van der Waals surface area (Å²) in [5, 5.41) is 16.1. The fourth-order valence-corrected chi connectivity index (χ4v) is 2.31. The Balaban J connectivity index is 1.85. The summed E-state index contributed by atoms with van der Waals surface area (Å²) in [6, 6.07) is 15.0. The van der Waals surface area contributed by atoms with E-state index in [1.807, 2.05) is 42.5 Å². The van der Waals surface area contributed by atoms with Crippen LogP contribution in [0.3, 0.4) is 0 Å². The van der Waals surface area contributed by atoms with Crippen molar-refractivity contribution in [3.05, 3.63) is 54.7 Å². The molecule has 0 atom stereocenters. The summed E-state index contributed by atoms with van der Waals surface area (Å²) in [6.07, 6.45) is 1.79. The Morgan fingerprint density at radius 2 is 1.81 bits per heavy atom. The van der Waals surface area contributed by atoms with E-state index in [0.29, 0.717) is 17.3 Å². The van der Waals surface area contributed by atoms with E-state index in [2.05, 4.69) is 15.1 Å². The zero-order valence-electron chi connectivity index (χ0n) is 10.9. The molecule has 0 fully saturated rings. The molecule has 0 saturated heterocycles. The third kappa shape index (κ3) is 1.95. The van der Waals surface area contributed by atoms with E-state index in [0.717, 1.165) is 16.5 Å². The molecule has 0 saturated carbocycles. The maximum atomic E-state index is 10.2. The smallest absolute Gasteiger partial charge is 0.262 e. The van der Waals surface area contributed by atoms with Gasteiger partial charge in [0.15, 0.2) is 0 Å². The van der Waals surface area contributed by atoms with Crippen molar-refractivity contribution in [3.63, 3.8) is 0 Å². The highest BCUT2D eigenvalue weighted by Crippen LogP contribution is 2.33. The van der Waals surface area contributed by atoms with Gasteiger partial charge in [-0.15, -0.1) is 0 Å². The first kappa shape index (κ1) is 11.7. The van der Waals surface area contributed by atoms with Gasteiger partial charge in [0.05, 0.1) is 11.3 Å². The van der Waals surface area contributed by atoms with Crippen LogP contribution < -0.4 is 0 Å². The topological polar surface area (TPSA) is 74.9 Å². The number of fused-ring (bicyclic) bond motifs is 1. The van der Waals surface area contributed by atoms with Crippen LogP contribution >= 0.6 is 0 Å². The molecule has 5 nitrogen and oxygen atoms in total. The fourth-order valence-electron chi connectivity index (χ4n) is 2.31. The highest BCUT2D eigenvalue weighted by molar-refractivity contribution is 5.89. The SMILES string of the molecule is Oc1cc2ccccc2cc1-c1nc(-c2ccc[nH]2)no1. The predicted octanol–water partition coefficient (Wildman–Crippen LogP) is 3.59. The van der Waals surface area contributed by atoms with Crippen LogP contribution in [0, 0.1) is 0 Å². The largest absolute Gasteiger partial charge is 0.507 e. The molecule has 5 heteroatoms. The highest BCUT2D eigenvalue weighted by atomic mass is 16.5. The lowest BCUT2D eigenvalue weighted by Gasteiger charge is -2.02. The van der Waals surface area contributed by atoms with Gasteiger partial charge in [0, 0.05) is 6.20 Å². The van der Waals surface area contributed by atoms with Gasteiger partial charge in [0.1, 0.15) is 5.75 Å². The second kappa shape index (κ2) is 4.49. The third-order valence-electron chi connectivity index (χ3n) is 3.36. The Hall–Kier alpha value is -3.08. The second-order valence-corrected chi connectivity index (χ2v) is 4.72. The Labute approximate surface area is 119 Å². The van der Waals surface area contributed by atoms with Crippen LogP contribution in [-0.2, 0) is 0 Å². The van der Waals surface area contributed by atoms with Crippen LogP contribution in [0.25, 0.3) is 33.7 Å². The quantitative estimate of drug-likeness (QED) is 0.587. The van der Waals surface area contributed by atoms with Crippen LogP contribution in [0.2, 0.25) is 0 Å². The normalized spacial score (nSPS) is 11.0. The third-order valence-corrected chi connectivity index (χ3v) is 3.36. The molecule has 0 aliphatic rings. The lowest BCUT2D eigenvalue weighted by Crippen LogP contribution is -1.82. The molecule has 102 valence electrons. The highest BCUT2D eigenvalue weighted by Gasteiger charge is 2.15. The molecule has 0 aliphatic carbocycles. The molecule has 0 radical (unpaired) electrons. The predicted molar refractivity (Wildman–Crippen MR) is 78.7 cm³/mol. The van der Waals surface area contributed by atoms with Gasteiger partial charge in [-0.05, 0) is 35.0 Å². The van der Waals surface area contributed by atoms with Crippen LogP contribution in [0.15, 0.2) is 59.3 Å². The van der Waals surface area contributed by atoms with Crippen LogP contribution in [0.4, 0.5) is 0 Å². The number of nitrogens with zero attached hydrogens (tertiary/aromatic N) is 2. The monoisotopic (exact) mass is 277 g/mol. The molecule has 0 amide bonds. The number of phenols is 1. The molecule has 2 N–H and O–H groups in total. The minimum Gasteiger partial charge on any atom is -0.507 e. The summed E-state index contributed by atoms with van der Waals surface area (Å²) in [5.74, 6) is 0.876. The number of aromatic amines is 1. The molecule has 2 aromatic carbocycles. The maximum absolute atomic E-state index is 10.2. The summed E-state index contributed by atoms with van der Waals surface area (Å²) in [7, 11) is 0. The number of benzene rings is 2. The summed E-state index contributed by atoms with van der Waals surface area (Å²) in [5.41, 5.74) is 1.30. The van der Waals surface area contributed by atoms with E-state index in [1.54, 1.807) is 12.3 Å². The number of hydrogen-bond donors (Lipinski definition) is 2. The molecule has 0 unspecified atom stereocenters. The first-order valence-corrected chi connectivity index (χ1v) is 6.51. The fraction of sp³-hybridized carbons (Fsp3) is 0. The Bertz CT molecular complexity index is 910. The van der Waals surface area contributed by atoms with Gasteiger partial charge in [0.25, 0.3) is 5.89 Å². The minimum absolute atomic E-state index is 0.121. The van der Waals surface area contributed by atoms with Gasteiger partial charge in [-0.1, -0.05) is 29.4 Å². The number of aromatic nitrogens is 3. The molecule has 4 rings (SSSR count). The molecule has 0 spiro atoms. The van der Waals surface area contributed by atoms with Crippen LogP contribution in [-0.4, -0.2) is 20.2 Å². The summed E-state index contributed by atoms with van der Waals surface area (Å²) in [4.78, 5) is 7.34. The van der Waals surface area contributed by atoms with Gasteiger partial charge < -0.3 is 14.6 Å². The van der Waals surface area contributed by atoms with Gasteiger partial charge in [-0.2, -0.15) is 4.98 Å². The van der Waals surface area contributed by atoms with Crippen molar-refractivity contribution >= 4 is 10.8 Å². The number of H-pyrrole nitrogens is 1. The second-order valence-electron chi connectivity index (χ2n) is 4.72. The van der Waals surface area contributed by atoms with Crippen molar-refractivity contribution in [3.8, 4) is 28.7 Å². The van der Waals surface area contributed by atoms with Crippen molar-refractivity contribution in [2.75, 3.05) is 0 Å². The average molecular weight is 277 g/mol. The number of nitrogens with one attached hydrogen (secondary N) is 1. The summed E-state index contributed by atoms with van der Waals surface area (Å²) >= 11 is 0. The zero-order valence-corrected chi connectivity index (χ0v) is 10.9. The molecule has 2 heterocycles. The number of hydrogen-bond acceptors (Lipinski definition) is 4. The standard InChI is InChI=1S/C16H11N3O2/c20-14-9-11-5-2-1-4-10(11)8-12(14)16-18-15(19-21-16)13-6-3-7-17-13/h1-9,17,20H. The minimum atomic E-state index is 0.121. The van der Waals surface area contributed by atoms with Crippen molar-refractivity contribution < 1.29 is 9.63 Å². The maximum Gasteiger partial charge on any atom is 0.262 e. The van der Waals surface area contributed by atoms with Crippen molar-refractivity contribution in [2.45, 2.75) is 0 Å². The van der Waals surface area contributed by atoms with E-state index in [-0.39, 0.29) is 5.75 Å². The molecule has 4 aromatic rings. The summed E-state index contributed by atoms with van der Waals surface area (Å²) in [6.45, 7) is 0. The van der Waals surface area contributed by atoms with Gasteiger partial charge in [0.2, 0.25) is 5.82 Å². The van der Waals surface area contributed by atoms with Crippen molar-refractivity contribution in [1.29, 1.82) is 0 Å². The van der Waals surface area contributed by atoms with Gasteiger partial charge >= 0.3 is 0 Å². The zero-order chi connectivity index (χ0) is 14.2. The van der Waals surface area contributed by atoms with Crippen LogP contribution in [0.1, 0.15) is 0 Å². The van der Waals surface area contributed by atoms with E-state index >= 15 is 0 Å². The first-order valence-electron chi connectivity index (χ1n) is 6.51. The van der Waals surface area contributed by atoms with E-state index in [9.17, 15) is 5.11 Å². The first-order chi connectivity index (χ1) is 10.3. The Morgan fingerprint density at radius 3 is 2.57 bits per heavy atom. The Morgan fingerprint density at radius 1 is 1.00 bits per heavy atom. The molecular formula is C16H11N3O2. The summed E-state index contributed by atoms with van der Waals surface area (Å²) < 4.78 is 5.26. The van der Waals surface area contributed by atoms with Gasteiger partial charge in [-0.25, -0.2) is 0 Å². The molecule has 21 heavy (non-hydrogen) atoms. The number of rotatable bonds is 2. The van der Waals surface area contributed by atoms with Crippen molar-refractivity contribution in [2.24, 2.45) is 0 Å². The lowest BCUT2D eigenvalue weighted by molar-refractivity contribution is 0.426. The molecular weight excluding hydrogens is 266 g/mol. The molecule has 2 aromatic heterocycles. The molecule has 0 aliphatic heterocycles. The number of aromatic hydroxyl groups is 1. The van der Waals surface area contributed by atoms with Gasteiger partial charge in [-0.3, -0.25) is 0 Å². The Kier molecular flexibility index (Phi) is 2.50. The lowest BCUT2D eigenvalue weighted by atomic mass is 10.1. The molecule has 0 bridgehead atoms. The van der Waals surface area contributed by atoms with Crippen molar-refractivity contribution in [1.82, 2.24) is 15.1 Å². The number of phenolic OH excluding ortho intramolecular Hbond substituents is 1. The average Bonchev–Trinajstić information content (AvgIpc) is 3.17. The van der Waals surface area contributed by atoms with Crippen LogP contribution in [0.5, 0.6) is 5.75 Å².